The first-order chi connectivity index (χ1) is 25.9. The number of fused-ring (bicyclic) bond motifs is 18. The number of aromatic nitrogens is 2. The highest BCUT2D eigenvalue weighted by atomic mass is 16.3. The second-order valence-corrected chi connectivity index (χ2v) is 16.6. The van der Waals surface area contributed by atoms with Crippen molar-refractivity contribution in [2.45, 2.75) is 89.3 Å². The average molecular weight is 698 g/mol. The molecule has 0 amide bonds. The van der Waals surface area contributed by atoms with E-state index in [9.17, 15) is 0 Å². The van der Waals surface area contributed by atoms with E-state index in [2.05, 4.69) is 153 Å². The first-order valence-corrected chi connectivity index (χ1v) is 19.9. The highest BCUT2D eigenvalue weighted by Gasteiger charge is 2.78. The molecule has 1 aliphatic carbocycles. The predicted octanol–water partition coefficient (Wildman–Crippen LogP) is 11.2. The molecule has 0 saturated heterocycles. The summed E-state index contributed by atoms with van der Waals surface area (Å²) in [5.41, 5.74) is 10.5. The molecule has 53 heavy (non-hydrogen) atoms. The van der Waals surface area contributed by atoms with Gasteiger partial charge >= 0.3 is 0 Å². The number of likely N-dealkylation sites (N-methyl/N-ethyl adjacent to an activating group) is 1. The smallest absolute Gasteiger partial charge is 0.162 e. The van der Waals surface area contributed by atoms with Gasteiger partial charge in [0.25, 0.3) is 0 Å². The number of allylic oxidation sites excluding steroid dienone is 1. The predicted molar refractivity (Wildman–Crippen MR) is 216 cm³/mol. The molecule has 6 nitrogen and oxygen atoms in total. The Labute approximate surface area is 312 Å². The lowest BCUT2D eigenvalue weighted by Gasteiger charge is -2.64. The third-order valence-electron chi connectivity index (χ3n) is 14.9. The number of nitrogens with zero attached hydrogens (tertiary/aromatic N) is 5. The number of rotatable bonds is 3. The molecule has 6 aromatic rings. The number of hydrogen-bond donors (Lipinski definition) is 0. The standard InChI is InChI=1S/C47H47N5O/c1-6-45-25-26-46(34-20-11-12-21-36(34)52-43-37(50(5)44(46)52)28-48-42(49-43)31-18-9-8-16-29(31)3)47(45,7-2)35-24-23-33-32-19-10-13-22-38(32)53-40(33)39(35)51-27-15-14-17-30(4)41(45)51/h8-13,15-16,18-24,27-28,30,41,44H,6-7,14,17,25-26H2,1-5H3. The summed E-state index contributed by atoms with van der Waals surface area (Å²) in [5.74, 6) is 2.32. The summed E-state index contributed by atoms with van der Waals surface area (Å²) in [4.78, 5) is 18.4. The number of benzene rings is 4. The summed E-state index contributed by atoms with van der Waals surface area (Å²) in [6, 6.07) is 31.7. The quantitative estimate of drug-likeness (QED) is 0.183. The lowest BCUT2D eigenvalue weighted by atomic mass is 9.44. The van der Waals surface area contributed by atoms with Crippen LogP contribution in [0.25, 0.3) is 33.3 Å². The van der Waals surface area contributed by atoms with Crippen LogP contribution in [0.15, 0.2) is 108 Å². The summed E-state index contributed by atoms with van der Waals surface area (Å²) < 4.78 is 7.01. The molecule has 1 fully saturated rings. The Morgan fingerprint density at radius 2 is 1.66 bits per heavy atom. The normalized spacial score (nSPS) is 29.3. The molecule has 2 aromatic heterocycles. The Kier molecular flexibility index (Phi) is 6.37. The van der Waals surface area contributed by atoms with Crippen molar-refractivity contribution < 1.29 is 4.42 Å². The maximum Gasteiger partial charge on any atom is 0.162 e. The first kappa shape index (κ1) is 31.4. The van der Waals surface area contributed by atoms with Crippen molar-refractivity contribution in [3.8, 4) is 11.4 Å². The van der Waals surface area contributed by atoms with Crippen LogP contribution < -0.4 is 14.7 Å². The van der Waals surface area contributed by atoms with E-state index < -0.39 is 0 Å². The zero-order valence-corrected chi connectivity index (χ0v) is 31.4. The topological polar surface area (TPSA) is 48.6 Å². The molecule has 6 unspecified atom stereocenters. The van der Waals surface area contributed by atoms with E-state index in [0.717, 1.165) is 66.2 Å². The van der Waals surface area contributed by atoms with Crippen LogP contribution >= 0.6 is 0 Å². The molecule has 11 rings (SSSR count). The van der Waals surface area contributed by atoms with E-state index in [-0.39, 0.29) is 22.4 Å². The maximum atomic E-state index is 7.01. The highest BCUT2D eigenvalue weighted by molar-refractivity contribution is 6.10. The van der Waals surface area contributed by atoms with Gasteiger partial charge in [0.2, 0.25) is 0 Å². The molecule has 1 spiro atoms. The monoisotopic (exact) mass is 697 g/mol. The van der Waals surface area contributed by atoms with Gasteiger partial charge in [0, 0.05) is 57.6 Å². The second kappa shape index (κ2) is 10.7. The molecule has 266 valence electrons. The van der Waals surface area contributed by atoms with Gasteiger partial charge in [-0.2, -0.15) is 0 Å². The van der Waals surface area contributed by atoms with Gasteiger partial charge in [0.15, 0.2) is 17.2 Å². The Hall–Kier alpha value is -5.10. The second-order valence-electron chi connectivity index (χ2n) is 16.6. The minimum absolute atomic E-state index is 0.0132. The van der Waals surface area contributed by atoms with Crippen molar-refractivity contribution >= 4 is 44.8 Å². The number of anilines is 4. The van der Waals surface area contributed by atoms with Crippen molar-refractivity contribution in [1.29, 1.82) is 0 Å². The van der Waals surface area contributed by atoms with E-state index in [4.69, 9.17) is 14.4 Å². The zero-order valence-electron chi connectivity index (χ0n) is 31.4. The van der Waals surface area contributed by atoms with Gasteiger partial charge in [-0.15, -0.1) is 0 Å². The van der Waals surface area contributed by atoms with Gasteiger partial charge in [-0.05, 0) is 80.2 Å². The summed E-state index contributed by atoms with van der Waals surface area (Å²) in [5, 5.41) is 2.41. The van der Waals surface area contributed by atoms with Gasteiger partial charge in [0.1, 0.15) is 17.4 Å². The number of aryl methyl sites for hydroxylation is 1. The summed E-state index contributed by atoms with van der Waals surface area (Å²) >= 11 is 0. The van der Waals surface area contributed by atoms with Crippen molar-refractivity contribution in [2.24, 2.45) is 11.3 Å². The third kappa shape index (κ3) is 3.52. The Morgan fingerprint density at radius 3 is 2.51 bits per heavy atom. The van der Waals surface area contributed by atoms with Crippen LogP contribution in [-0.2, 0) is 10.8 Å². The highest BCUT2D eigenvalue weighted by Crippen LogP contribution is 2.78. The number of furan rings is 1. The fourth-order valence-corrected chi connectivity index (χ4v) is 13.1. The van der Waals surface area contributed by atoms with Crippen LogP contribution in [0, 0.1) is 18.3 Å². The summed E-state index contributed by atoms with van der Waals surface area (Å²) in [6.07, 6.45) is 13.7. The van der Waals surface area contributed by atoms with Crippen molar-refractivity contribution in [1.82, 2.24) is 9.97 Å². The van der Waals surface area contributed by atoms with E-state index in [1.54, 1.807) is 0 Å². The molecular formula is C47H47N5O. The summed E-state index contributed by atoms with van der Waals surface area (Å²) in [7, 11) is 2.30. The van der Waals surface area contributed by atoms with Crippen molar-refractivity contribution in [2.75, 3.05) is 21.7 Å². The van der Waals surface area contributed by atoms with Crippen LogP contribution in [-0.4, -0.2) is 29.2 Å². The lowest BCUT2D eigenvalue weighted by molar-refractivity contribution is 0.0241. The molecule has 6 heteroatoms. The van der Waals surface area contributed by atoms with Gasteiger partial charge in [-0.1, -0.05) is 99.6 Å². The molecule has 4 aliphatic heterocycles. The van der Waals surface area contributed by atoms with Crippen LogP contribution in [0.5, 0.6) is 0 Å². The maximum absolute atomic E-state index is 7.01. The third-order valence-corrected chi connectivity index (χ3v) is 14.9. The molecule has 6 atom stereocenters. The van der Waals surface area contributed by atoms with Gasteiger partial charge in [-0.25, -0.2) is 9.97 Å². The molecule has 6 heterocycles. The Morgan fingerprint density at radius 1 is 0.849 bits per heavy atom. The Bertz CT molecular complexity index is 2520. The number of para-hydroxylation sites is 2. The van der Waals surface area contributed by atoms with Crippen molar-refractivity contribution in [3.63, 3.8) is 0 Å². The lowest BCUT2D eigenvalue weighted by Crippen LogP contribution is -2.69. The van der Waals surface area contributed by atoms with Gasteiger partial charge in [-0.3, -0.25) is 0 Å². The largest absolute Gasteiger partial charge is 0.454 e. The fraction of sp³-hybridized carbons (Fsp3) is 0.362. The molecule has 0 N–H and O–H groups in total. The van der Waals surface area contributed by atoms with Gasteiger partial charge < -0.3 is 19.1 Å². The molecule has 5 aliphatic rings. The summed E-state index contributed by atoms with van der Waals surface area (Å²) in [6.45, 7) is 9.69. The van der Waals surface area contributed by atoms with Crippen LogP contribution in [0.3, 0.4) is 0 Å². The zero-order chi connectivity index (χ0) is 35.9. The average Bonchev–Trinajstić information content (AvgIpc) is 3.85. The minimum Gasteiger partial charge on any atom is -0.454 e. The van der Waals surface area contributed by atoms with E-state index in [0.29, 0.717) is 12.0 Å². The molecule has 0 bridgehead atoms. The molecule has 0 radical (unpaired) electrons. The van der Waals surface area contributed by atoms with E-state index in [1.165, 1.54) is 45.3 Å². The Balaban J connectivity index is 1.23. The SMILES string of the molecule is CCC12CCC3(c4ccccc4N4c5nc(-c6ccccc6C)ncc5N(C)C43)C1(CC)c1ccc3c(oc4ccccc43)c1N1C=CCCC(C)C12. The molecule has 1 saturated carbocycles. The van der Waals surface area contributed by atoms with Crippen LogP contribution in [0.1, 0.15) is 76.0 Å². The van der Waals surface area contributed by atoms with E-state index >= 15 is 0 Å². The van der Waals surface area contributed by atoms with Crippen LogP contribution in [0.4, 0.5) is 22.9 Å². The van der Waals surface area contributed by atoms with E-state index in [1.807, 2.05) is 0 Å². The number of hydrogen-bond acceptors (Lipinski definition) is 6. The van der Waals surface area contributed by atoms with Crippen LogP contribution in [0.2, 0.25) is 0 Å². The molecular weight excluding hydrogens is 651 g/mol. The van der Waals surface area contributed by atoms with Crippen molar-refractivity contribution in [3.05, 3.63) is 120 Å². The molecule has 4 aromatic carbocycles. The minimum atomic E-state index is -0.233. The van der Waals surface area contributed by atoms with Gasteiger partial charge in [0.05, 0.1) is 11.9 Å². The first-order valence-electron chi connectivity index (χ1n) is 19.9. The fourth-order valence-electron chi connectivity index (χ4n) is 13.1.